The first-order valence-corrected chi connectivity index (χ1v) is 10.9. The zero-order valence-electron chi connectivity index (χ0n) is 17.2. The van der Waals surface area contributed by atoms with Crippen molar-refractivity contribution in [3.05, 3.63) is 65.7 Å². The summed E-state index contributed by atoms with van der Waals surface area (Å²) in [6.45, 7) is 4.80. The monoisotopic (exact) mass is 401 g/mol. The van der Waals surface area contributed by atoms with Gasteiger partial charge in [0.1, 0.15) is 5.75 Å². The summed E-state index contributed by atoms with van der Waals surface area (Å²) in [5.74, 6) is 1.05. The highest BCUT2D eigenvalue weighted by molar-refractivity contribution is 5.85. The molecule has 28 heavy (non-hydrogen) atoms. The molecule has 0 spiro atoms. The number of benzene rings is 2. The Kier molecular flexibility index (Phi) is 11.1. The molecule has 3 heteroatoms. The van der Waals surface area contributed by atoms with E-state index in [2.05, 4.69) is 59.5 Å². The molecule has 3 rings (SSSR count). The predicted molar refractivity (Wildman–Crippen MR) is 122 cm³/mol. The lowest BCUT2D eigenvalue weighted by Crippen LogP contribution is -2.30. The van der Waals surface area contributed by atoms with E-state index in [1.54, 1.807) is 0 Å². The Morgan fingerprint density at radius 2 is 1.39 bits per heavy atom. The fraction of sp³-hybridized carbons (Fsp3) is 0.520. The van der Waals surface area contributed by atoms with Gasteiger partial charge in [-0.2, -0.15) is 0 Å². The summed E-state index contributed by atoms with van der Waals surface area (Å²) in [7, 11) is 0. The van der Waals surface area contributed by atoms with Crippen molar-refractivity contribution in [2.24, 2.45) is 0 Å². The molecule has 2 nitrogen and oxygen atoms in total. The van der Waals surface area contributed by atoms with Crippen molar-refractivity contribution in [2.45, 2.75) is 57.8 Å². The maximum absolute atomic E-state index is 6.10. The predicted octanol–water partition coefficient (Wildman–Crippen LogP) is 6.51. The summed E-state index contributed by atoms with van der Waals surface area (Å²) >= 11 is 0. The largest absolute Gasteiger partial charge is 0.493 e. The van der Waals surface area contributed by atoms with Crippen LogP contribution in [0.3, 0.4) is 0 Å². The van der Waals surface area contributed by atoms with Crippen molar-refractivity contribution < 1.29 is 4.74 Å². The van der Waals surface area contributed by atoms with Crippen molar-refractivity contribution in [3.8, 4) is 5.75 Å². The number of para-hydroxylation sites is 1. The van der Waals surface area contributed by atoms with Crippen LogP contribution in [0, 0.1) is 0 Å². The average Bonchev–Trinajstić information content (AvgIpc) is 2.73. The number of piperidine rings is 1. The molecular weight excluding hydrogens is 366 g/mol. The van der Waals surface area contributed by atoms with Crippen molar-refractivity contribution in [3.63, 3.8) is 0 Å². The molecule has 0 unspecified atom stereocenters. The van der Waals surface area contributed by atoms with Gasteiger partial charge >= 0.3 is 0 Å². The Morgan fingerprint density at radius 3 is 2.21 bits per heavy atom. The quantitative estimate of drug-likeness (QED) is 0.397. The number of ether oxygens (including phenoxy) is 1. The van der Waals surface area contributed by atoms with E-state index >= 15 is 0 Å². The van der Waals surface area contributed by atoms with Crippen LogP contribution in [-0.2, 0) is 6.42 Å². The normalized spacial score (nSPS) is 14.4. The fourth-order valence-electron chi connectivity index (χ4n) is 3.94. The van der Waals surface area contributed by atoms with Gasteiger partial charge in [-0.3, -0.25) is 0 Å². The first kappa shape index (κ1) is 22.8. The van der Waals surface area contributed by atoms with Crippen molar-refractivity contribution >= 4 is 12.4 Å². The highest BCUT2D eigenvalue weighted by Gasteiger charge is 2.08. The first-order chi connectivity index (χ1) is 13.4. The lowest BCUT2D eigenvalue weighted by atomic mass is 10.0. The van der Waals surface area contributed by atoms with Gasteiger partial charge in [-0.1, -0.05) is 74.2 Å². The molecule has 0 amide bonds. The fourth-order valence-corrected chi connectivity index (χ4v) is 3.94. The minimum atomic E-state index is 0. The molecule has 1 saturated heterocycles. The van der Waals surface area contributed by atoms with Crippen LogP contribution >= 0.6 is 12.4 Å². The molecule has 1 heterocycles. The molecule has 0 radical (unpaired) electrons. The lowest BCUT2D eigenvalue weighted by molar-refractivity contribution is 0.223. The standard InChI is InChI=1S/C25H35NO.ClH/c1(2-10-18-26-19-11-5-12-20-26)3-13-21-27-25-17-9-8-16-24(25)22-23-14-6-4-7-15-23;/h4,6-9,14-17H,1-3,5,10-13,18-22H2;1H. The Morgan fingerprint density at radius 1 is 0.714 bits per heavy atom. The Labute approximate surface area is 177 Å². The van der Waals surface area contributed by atoms with Gasteiger partial charge in [-0.15, -0.1) is 12.4 Å². The minimum absolute atomic E-state index is 0. The van der Waals surface area contributed by atoms with Gasteiger partial charge in [-0.25, -0.2) is 0 Å². The van der Waals surface area contributed by atoms with E-state index in [4.69, 9.17) is 4.74 Å². The lowest BCUT2D eigenvalue weighted by Gasteiger charge is -2.26. The van der Waals surface area contributed by atoms with Gasteiger partial charge in [0.15, 0.2) is 0 Å². The number of hydrogen-bond acceptors (Lipinski definition) is 2. The number of likely N-dealkylation sites (tertiary alicyclic amines) is 1. The summed E-state index contributed by atoms with van der Waals surface area (Å²) in [5, 5.41) is 0. The second kappa shape index (κ2) is 13.6. The highest BCUT2D eigenvalue weighted by atomic mass is 35.5. The van der Waals surface area contributed by atoms with E-state index in [1.165, 1.54) is 75.7 Å². The smallest absolute Gasteiger partial charge is 0.122 e. The molecule has 1 fully saturated rings. The average molecular weight is 402 g/mol. The number of nitrogens with zero attached hydrogens (tertiary/aromatic N) is 1. The molecule has 2 aromatic carbocycles. The van der Waals surface area contributed by atoms with E-state index in [0.717, 1.165) is 25.2 Å². The number of hydrogen-bond donors (Lipinski definition) is 0. The second-order valence-electron chi connectivity index (χ2n) is 7.79. The van der Waals surface area contributed by atoms with Crippen LogP contribution in [0.15, 0.2) is 54.6 Å². The van der Waals surface area contributed by atoms with Gasteiger partial charge in [0, 0.05) is 6.42 Å². The third-order valence-electron chi connectivity index (χ3n) is 5.53. The summed E-state index contributed by atoms with van der Waals surface area (Å²) in [4.78, 5) is 2.65. The summed E-state index contributed by atoms with van der Waals surface area (Å²) in [6, 6.07) is 19.1. The molecule has 0 N–H and O–H groups in total. The molecule has 0 atom stereocenters. The molecule has 0 bridgehead atoms. The SMILES string of the molecule is Cl.c1ccc(Cc2ccccc2OCCCCCCCN2CCCCC2)cc1. The number of unbranched alkanes of at least 4 members (excludes halogenated alkanes) is 4. The van der Waals surface area contributed by atoms with Crippen LogP contribution in [0.5, 0.6) is 5.75 Å². The molecule has 0 saturated carbocycles. The Hall–Kier alpha value is -1.51. The van der Waals surface area contributed by atoms with Crippen LogP contribution < -0.4 is 4.74 Å². The number of rotatable bonds is 11. The minimum Gasteiger partial charge on any atom is -0.493 e. The summed E-state index contributed by atoms with van der Waals surface area (Å²) in [5.41, 5.74) is 2.62. The highest BCUT2D eigenvalue weighted by Crippen LogP contribution is 2.22. The molecule has 154 valence electrons. The molecule has 1 aliphatic heterocycles. The zero-order valence-corrected chi connectivity index (χ0v) is 18.0. The maximum Gasteiger partial charge on any atom is 0.122 e. The third-order valence-corrected chi connectivity index (χ3v) is 5.53. The van der Waals surface area contributed by atoms with Gasteiger partial charge in [0.25, 0.3) is 0 Å². The summed E-state index contributed by atoms with van der Waals surface area (Å²) in [6.07, 6.45) is 11.7. The zero-order chi connectivity index (χ0) is 18.6. The van der Waals surface area contributed by atoms with Crippen LogP contribution in [0.25, 0.3) is 0 Å². The topological polar surface area (TPSA) is 12.5 Å². The molecular formula is C25H36ClNO. The van der Waals surface area contributed by atoms with E-state index in [-0.39, 0.29) is 12.4 Å². The van der Waals surface area contributed by atoms with Crippen LogP contribution in [-0.4, -0.2) is 31.1 Å². The van der Waals surface area contributed by atoms with Gasteiger partial charge < -0.3 is 9.64 Å². The van der Waals surface area contributed by atoms with Gasteiger partial charge in [0.05, 0.1) is 6.61 Å². The van der Waals surface area contributed by atoms with E-state index in [9.17, 15) is 0 Å². The van der Waals surface area contributed by atoms with Crippen molar-refractivity contribution in [1.29, 1.82) is 0 Å². The maximum atomic E-state index is 6.10. The van der Waals surface area contributed by atoms with E-state index < -0.39 is 0 Å². The molecule has 0 aromatic heterocycles. The molecule has 2 aromatic rings. The van der Waals surface area contributed by atoms with Crippen molar-refractivity contribution in [2.75, 3.05) is 26.2 Å². The summed E-state index contributed by atoms with van der Waals surface area (Å²) < 4.78 is 6.10. The third kappa shape index (κ3) is 8.24. The van der Waals surface area contributed by atoms with E-state index in [0.29, 0.717) is 0 Å². The Bertz CT molecular complexity index is 640. The van der Waals surface area contributed by atoms with Crippen LogP contribution in [0.1, 0.15) is 62.5 Å². The molecule has 1 aliphatic rings. The van der Waals surface area contributed by atoms with E-state index in [1.807, 2.05) is 0 Å². The first-order valence-electron chi connectivity index (χ1n) is 10.9. The number of halogens is 1. The van der Waals surface area contributed by atoms with Crippen LogP contribution in [0.2, 0.25) is 0 Å². The van der Waals surface area contributed by atoms with Crippen molar-refractivity contribution in [1.82, 2.24) is 4.90 Å². The van der Waals surface area contributed by atoms with Gasteiger partial charge in [-0.05, 0) is 62.5 Å². The van der Waals surface area contributed by atoms with Gasteiger partial charge in [0.2, 0.25) is 0 Å². The Balaban J connectivity index is 0.00000280. The van der Waals surface area contributed by atoms with Crippen LogP contribution in [0.4, 0.5) is 0 Å². The second-order valence-corrected chi connectivity index (χ2v) is 7.79. The molecule has 0 aliphatic carbocycles.